The SMILES string of the molecule is CCCCCC/C=C/CC/C=C/[C@@H](O)[C@H](CO[C@H]1O[C@@H](CO)[C@H](O)C(O)C1O)NC(=O)CCCCCCCCCCCCCCCCC. The molecule has 1 fully saturated rings. The molecule has 1 rings (SSSR count). The van der Waals surface area contributed by atoms with Gasteiger partial charge in [-0.3, -0.25) is 4.79 Å². The summed E-state index contributed by atoms with van der Waals surface area (Å²) in [7, 11) is 0. The lowest BCUT2D eigenvalue weighted by atomic mass is 9.99. The largest absolute Gasteiger partial charge is 0.394 e. The number of nitrogens with one attached hydrogen (secondary N) is 1. The second-order valence-corrected chi connectivity index (χ2v) is 13.7. The zero-order chi connectivity index (χ0) is 35.2. The van der Waals surface area contributed by atoms with Gasteiger partial charge in [0, 0.05) is 6.42 Å². The Bertz CT molecular complexity index is 807. The highest BCUT2D eigenvalue weighted by Gasteiger charge is 2.44. The van der Waals surface area contributed by atoms with E-state index in [-0.39, 0.29) is 12.5 Å². The molecule has 1 heterocycles. The summed E-state index contributed by atoms with van der Waals surface area (Å²) in [6.45, 7) is 3.70. The Balaban J connectivity index is 2.43. The number of allylic oxidation sites excluding steroid dienone is 3. The first kappa shape index (κ1) is 44.7. The summed E-state index contributed by atoms with van der Waals surface area (Å²) >= 11 is 0. The van der Waals surface area contributed by atoms with E-state index >= 15 is 0 Å². The predicted molar refractivity (Wildman–Crippen MR) is 193 cm³/mol. The average Bonchev–Trinajstić information content (AvgIpc) is 3.08. The highest BCUT2D eigenvalue weighted by Crippen LogP contribution is 2.22. The van der Waals surface area contributed by atoms with E-state index in [0.717, 1.165) is 38.5 Å². The standard InChI is InChI=1S/C39H73NO8/c1-3-5-7-9-11-13-15-16-17-18-19-21-23-25-27-29-35(43)40-32(31-47-39-38(46)37(45)36(44)34(30-41)48-39)33(42)28-26-24-22-20-14-12-10-8-6-4-2/h14,20,26,28,32-34,36-39,41-42,44-46H,3-13,15-19,21-25,27,29-31H2,1-2H3,(H,40,43)/b20-14+,28-26+/t32-,33+,34-,36-,37?,38?,39-/m0/s1. The van der Waals surface area contributed by atoms with Crippen molar-refractivity contribution in [2.75, 3.05) is 13.2 Å². The van der Waals surface area contributed by atoms with Crippen LogP contribution in [0.4, 0.5) is 0 Å². The number of amides is 1. The molecular weight excluding hydrogens is 610 g/mol. The molecule has 0 radical (unpaired) electrons. The Labute approximate surface area is 292 Å². The highest BCUT2D eigenvalue weighted by molar-refractivity contribution is 5.76. The van der Waals surface area contributed by atoms with Crippen molar-refractivity contribution in [2.24, 2.45) is 0 Å². The van der Waals surface area contributed by atoms with Crippen molar-refractivity contribution in [2.45, 2.75) is 204 Å². The van der Waals surface area contributed by atoms with Gasteiger partial charge in [0.1, 0.15) is 24.4 Å². The van der Waals surface area contributed by atoms with Gasteiger partial charge in [-0.2, -0.15) is 0 Å². The third-order valence-corrected chi connectivity index (χ3v) is 9.28. The van der Waals surface area contributed by atoms with Gasteiger partial charge in [0.25, 0.3) is 0 Å². The smallest absolute Gasteiger partial charge is 0.220 e. The minimum atomic E-state index is -1.57. The third-order valence-electron chi connectivity index (χ3n) is 9.28. The quantitative estimate of drug-likeness (QED) is 0.0346. The van der Waals surface area contributed by atoms with E-state index in [2.05, 4.69) is 31.3 Å². The molecule has 0 aliphatic carbocycles. The number of hydrogen-bond donors (Lipinski definition) is 6. The molecule has 0 spiro atoms. The molecule has 1 amide bonds. The molecular formula is C39H73NO8. The van der Waals surface area contributed by atoms with Crippen molar-refractivity contribution in [1.29, 1.82) is 0 Å². The third kappa shape index (κ3) is 21.7. The molecule has 6 N–H and O–H groups in total. The number of carbonyl (C=O) groups excluding carboxylic acids is 1. The molecule has 9 nitrogen and oxygen atoms in total. The molecule has 0 aromatic carbocycles. The van der Waals surface area contributed by atoms with Crippen molar-refractivity contribution < 1.29 is 39.8 Å². The lowest BCUT2D eigenvalue weighted by Crippen LogP contribution is -2.60. The molecule has 9 heteroatoms. The summed E-state index contributed by atoms with van der Waals surface area (Å²) in [5.41, 5.74) is 0. The lowest BCUT2D eigenvalue weighted by molar-refractivity contribution is -0.302. The maximum absolute atomic E-state index is 12.8. The van der Waals surface area contributed by atoms with E-state index in [1.165, 1.54) is 103 Å². The van der Waals surface area contributed by atoms with Crippen LogP contribution >= 0.6 is 0 Å². The van der Waals surface area contributed by atoms with Gasteiger partial charge in [-0.15, -0.1) is 0 Å². The first-order chi connectivity index (χ1) is 23.3. The Morgan fingerprint density at radius 3 is 1.75 bits per heavy atom. The number of unbranched alkanes of at least 4 members (excludes halogenated alkanes) is 19. The van der Waals surface area contributed by atoms with Gasteiger partial charge in [0.2, 0.25) is 5.91 Å². The molecule has 0 aromatic heterocycles. The number of carbonyl (C=O) groups is 1. The van der Waals surface area contributed by atoms with Crippen LogP contribution in [0.2, 0.25) is 0 Å². The Hall–Kier alpha value is -1.33. The average molecular weight is 684 g/mol. The lowest BCUT2D eigenvalue weighted by Gasteiger charge is -2.40. The molecule has 0 saturated carbocycles. The summed E-state index contributed by atoms with van der Waals surface area (Å²) in [4.78, 5) is 12.8. The van der Waals surface area contributed by atoms with Crippen LogP contribution in [0.15, 0.2) is 24.3 Å². The van der Waals surface area contributed by atoms with E-state index in [4.69, 9.17) is 9.47 Å². The van der Waals surface area contributed by atoms with E-state index in [9.17, 15) is 30.3 Å². The molecule has 48 heavy (non-hydrogen) atoms. The number of ether oxygens (including phenoxy) is 2. The van der Waals surface area contributed by atoms with Crippen molar-refractivity contribution in [1.82, 2.24) is 5.32 Å². The maximum atomic E-state index is 12.8. The normalized spacial score (nSPS) is 22.9. The molecule has 1 aliphatic heterocycles. The van der Waals surface area contributed by atoms with Crippen LogP contribution in [-0.4, -0.2) is 87.5 Å². The Morgan fingerprint density at radius 1 is 0.688 bits per heavy atom. The van der Waals surface area contributed by atoms with Crippen LogP contribution in [0.5, 0.6) is 0 Å². The van der Waals surface area contributed by atoms with Crippen molar-refractivity contribution in [3.63, 3.8) is 0 Å². The predicted octanol–water partition coefficient (Wildman–Crippen LogP) is 6.77. The van der Waals surface area contributed by atoms with Gasteiger partial charge in [-0.05, 0) is 32.1 Å². The molecule has 0 aromatic rings. The van der Waals surface area contributed by atoms with E-state index < -0.39 is 49.5 Å². The van der Waals surface area contributed by atoms with Gasteiger partial charge in [0.15, 0.2) is 6.29 Å². The number of rotatable bonds is 31. The van der Waals surface area contributed by atoms with E-state index in [1.807, 2.05) is 6.08 Å². The molecule has 7 atom stereocenters. The first-order valence-corrected chi connectivity index (χ1v) is 19.6. The molecule has 1 aliphatic rings. The molecule has 282 valence electrons. The molecule has 0 bridgehead atoms. The van der Waals surface area contributed by atoms with Gasteiger partial charge >= 0.3 is 0 Å². The van der Waals surface area contributed by atoms with Gasteiger partial charge in [-0.25, -0.2) is 0 Å². The summed E-state index contributed by atoms with van der Waals surface area (Å²) in [6, 6.07) is -0.813. The monoisotopic (exact) mass is 684 g/mol. The maximum Gasteiger partial charge on any atom is 0.220 e. The second kappa shape index (κ2) is 30.5. The van der Waals surface area contributed by atoms with Crippen LogP contribution < -0.4 is 5.32 Å². The minimum Gasteiger partial charge on any atom is -0.394 e. The fraction of sp³-hybridized carbons (Fsp3) is 0.872. The minimum absolute atomic E-state index is 0.189. The first-order valence-electron chi connectivity index (χ1n) is 19.6. The Kier molecular flexibility index (Phi) is 28.4. The van der Waals surface area contributed by atoms with Crippen molar-refractivity contribution >= 4 is 5.91 Å². The van der Waals surface area contributed by atoms with Gasteiger partial charge in [0.05, 0.1) is 25.4 Å². The van der Waals surface area contributed by atoms with E-state index in [0.29, 0.717) is 6.42 Å². The molecule has 1 saturated heterocycles. The van der Waals surface area contributed by atoms with Crippen molar-refractivity contribution in [3.8, 4) is 0 Å². The summed E-state index contributed by atoms with van der Waals surface area (Å²) < 4.78 is 11.1. The zero-order valence-corrected chi connectivity index (χ0v) is 30.5. The summed E-state index contributed by atoms with van der Waals surface area (Å²) in [5, 5.41) is 53.8. The van der Waals surface area contributed by atoms with Gasteiger partial charge < -0.3 is 40.3 Å². The number of aliphatic hydroxyl groups excluding tert-OH is 5. The molecule has 2 unspecified atom stereocenters. The highest BCUT2D eigenvalue weighted by atomic mass is 16.7. The van der Waals surface area contributed by atoms with E-state index in [1.54, 1.807) is 6.08 Å². The fourth-order valence-corrected chi connectivity index (χ4v) is 6.05. The van der Waals surface area contributed by atoms with Crippen LogP contribution in [-0.2, 0) is 14.3 Å². The summed E-state index contributed by atoms with van der Waals surface area (Å²) in [5.74, 6) is -0.189. The zero-order valence-electron chi connectivity index (χ0n) is 30.5. The van der Waals surface area contributed by atoms with Crippen LogP contribution in [0.25, 0.3) is 0 Å². The van der Waals surface area contributed by atoms with Crippen LogP contribution in [0, 0.1) is 0 Å². The number of hydrogen-bond acceptors (Lipinski definition) is 8. The van der Waals surface area contributed by atoms with Crippen LogP contribution in [0.3, 0.4) is 0 Å². The van der Waals surface area contributed by atoms with Gasteiger partial charge in [-0.1, -0.05) is 147 Å². The number of aliphatic hydroxyl groups is 5. The topological polar surface area (TPSA) is 149 Å². The fourth-order valence-electron chi connectivity index (χ4n) is 6.05. The van der Waals surface area contributed by atoms with Crippen molar-refractivity contribution in [3.05, 3.63) is 24.3 Å². The Morgan fingerprint density at radius 2 is 1.19 bits per heavy atom. The second-order valence-electron chi connectivity index (χ2n) is 13.7. The summed E-state index contributed by atoms with van der Waals surface area (Å²) in [6.07, 6.45) is 26.5. The van der Waals surface area contributed by atoms with Crippen LogP contribution in [0.1, 0.15) is 162 Å².